The van der Waals surface area contributed by atoms with E-state index in [1.807, 2.05) is 0 Å². The zero-order valence-electron chi connectivity index (χ0n) is 13.7. The standard InChI is InChI=1S/C18H29N3/c1-14-4-7-18(15(12-14)13-19-16-5-6-16)21-10-8-17(9-11-21)20(2)3/h4,7,12,16-17,19H,5-6,8-11,13H2,1-3H3. The average molecular weight is 287 g/mol. The molecule has 3 nitrogen and oxygen atoms in total. The van der Waals surface area contributed by atoms with E-state index in [1.54, 1.807) is 0 Å². The van der Waals surface area contributed by atoms with E-state index in [9.17, 15) is 0 Å². The number of hydrogen-bond donors (Lipinski definition) is 1. The van der Waals surface area contributed by atoms with Crippen LogP contribution in [0.2, 0.25) is 0 Å². The number of anilines is 1. The molecular formula is C18H29N3. The highest BCUT2D eigenvalue weighted by Gasteiger charge is 2.24. The Bertz CT molecular complexity index is 471. The minimum absolute atomic E-state index is 0.750. The predicted octanol–water partition coefficient (Wildman–Crippen LogP) is 2.78. The molecule has 0 atom stereocenters. The molecule has 1 saturated heterocycles. The van der Waals surface area contributed by atoms with Gasteiger partial charge in [-0.3, -0.25) is 0 Å². The molecule has 1 saturated carbocycles. The van der Waals surface area contributed by atoms with Gasteiger partial charge in [0.1, 0.15) is 0 Å². The van der Waals surface area contributed by atoms with Gasteiger partial charge in [0.2, 0.25) is 0 Å². The quantitative estimate of drug-likeness (QED) is 0.898. The van der Waals surface area contributed by atoms with E-state index >= 15 is 0 Å². The molecule has 1 aliphatic heterocycles. The summed E-state index contributed by atoms with van der Waals surface area (Å²) >= 11 is 0. The molecule has 3 rings (SSSR count). The molecule has 1 N–H and O–H groups in total. The largest absolute Gasteiger partial charge is 0.371 e. The zero-order chi connectivity index (χ0) is 14.8. The van der Waals surface area contributed by atoms with Gasteiger partial charge in [-0.25, -0.2) is 0 Å². The van der Waals surface area contributed by atoms with Gasteiger partial charge in [-0.1, -0.05) is 17.7 Å². The molecule has 0 radical (unpaired) electrons. The molecule has 0 amide bonds. The van der Waals surface area contributed by atoms with Gasteiger partial charge in [-0.2, -0.15) is 0 Å². The maximum Gasteiger partial charge on any atom is 0.0412 e. The van der Waals surface area contributed by atoms with Crippen LogP contribution in [0.4, 0.5) is 5.69 Å². The summed E-state index contributed by atoms with van der Waals surface area (Å²) in [6.07, 6.45) is 5.26. The van der Waals surface area contributed by atoms with E-state index < -0.39 is 0 Å². The first kappa shape index (κ1) is 14.9. The van der Waals surface area contributed by atoms with Gasteiger partial charge in [-0.05, 0) is 58.3 Å². The number of nitrogens with zero attached hydrogens (tertiary/aromatic N) is 2. The van der Waals surface area contributed by atoms with Crippen LogP contribution in [-0.4, -0.2) is 44.2 Å². The Labute approximate surface area is 129 Å². The van der Waals surface area contributed by atoms with Crippen molar-refractivity contribution in [1.29, 1.82) is 0 Å². The highest BCUT2D eigenvalue weighted by molar-refractivity contribution is 5.55. The molecule has 0 bridgehead atoms. The summed E-state index contributed by atoms with van der Waals surface area (Å²) in [4.78, 5) is 4.96. The van der Waals surface area contributed by atoms with E-state index in [0.717, 1.165) is 18.6 Å². The topological polar surface area (TPSA) is 18.5 Å². The van der Waals surface area contributed by atoms with Gasteiger partial charge in [0.15, 0.2) is 0 Å². The second-order valence-corrected chi connectivity index (χ2v) is 6.97. The predicted molar refractivity (Wildman–Crippen MR) is 90.0 cm³/mol. The molecule has 0 aromatic heterocycles. The van der Waals surface area contributed by atoms with E-state index in [4.69, 9.17) is 0 Å². The number of aryl methyl sites for hydroxylation is 1. The van der Waals surface area contributed by atoms with Crippen LogP contribution in [0.25, 0.3) is 0 Å². The summed E-state index contributed by atoms with van der Waals surface area (Å²) in [5, 5.41) is 3.67. The van der Waals surface area contributed by atoms with Crippen molar-refractivity contribution in [3.63, 3.8) is 0 Å². The molecule has 1 aromatic carbocycles. The van der Waals surface area contributed by atoms with Gasteiger partial charge in [0.25, 0.3) is 0 Å². The summed E-state index contributed by atoms with van der Waals surface area (Å²) in [5.74, 6) is 0. The highest BCUT2D eigenvalue weighted by Crippen LogP contribution is 2.27. The Morgan fingerprint density at radius 3 is 2.48 bits per heavy atom. The molecule has 116 valence electrons. The maximum atomic E-state index is 3.67. The highest BCUT2D eigenvalue weighted by atomic mass is 15.2. The lowest BCUT2D eigenvalue weighted by Gasteiger charge is -2.37. The van der Waals surface area contributed by atoms with Crippen LogP contribution in [0, 0.1) is 6.92 Å². The van der Waals surface area contributed by atoms with Crippen LogP contribution < -0.4 is 10.2 Å². The van der Waals surface area contributed by atoms with Crippen molar-refractivity contribution in [2.45, 2.75) is 51.2 Å². The lowest BCUT2D eigenvalue weighted by molar-refractivity contribution is 0.249. The Kier molecular flexibility index (Phi) is 4.51. The van der Waals surface area contributed by atoms with Crippen molar-refractivity contribution < 1.29 is 0 Å². The van der Waals surface area contributed by atoms with Crippen LogP contribution in [0.5, 0.6) is 0 Å². The van der Waals surface area contributed by atoms with E-state index in [0.29, 0.717) is 0 Å². The first-order valence-corrected chi connectivity index (χ1v) is 8.38. The van der Waals surface area contributed by atoms with Crippen LogP contribution in [0.3, 0.4) is 0 Å². The summed E-state index contributed by atoms with van der Waals surface area (Å²) in [5.41, 5.74) is 4.30. The molecule has 2 fully saturated rings. The maximum absolute atomic E-state index is 3.67. The molecule has 2 aliphatic rings. The lowest BCUT2D eigenvalue weighted by Crippen LogP contribution is -2.42. The van der Waals surface area contributed by atoms with Crippen molar-refractivity contribution >= 4 is 5.69 Å². The molecule has 0 spiro atoms. The second kappa shape index (κ2) is 6.37. The summed E-state index contributed by atoms with van der Waals surface area (Å²) in [6.45, 7) is 5.59. The molecule has 21 heavy (non-hydrogen) atoms. The lowest BCUT2D eigenvalue weighted by atomic mass is 10.0. The molecule has 0 unspecified atom stereocenters. The normalized spacial score (nSPS) is 20.3. The van der Waals surface area contributed by atoms with E-state index in [-0.39, 0.29) is 0 Å². The Morgan fingerprint density at radius 1 is 1.14 bits per heavy atom. The third-order valence-corrected chi connectivity index (χ3v) is 4.93. The second-order valence-electron chi connectivity index (χ2n) is 6.97. The summed E-state index contributed by atoms with van der Waals surface area (Å²) in [6, 6.07) is 8.48. The summed E-state index contributed by atoms with van der Waals surface area (Å²) in [7, 11) is 4.41. The SMILES string of the molecule is Cc1ccc(N2CCC(N(C)C)CC2)c(CNC2CC2)c1. The monoisotopic (exact) mass is 287 g/mol. The number of hydrogen-bond acceptors (Lipinski definition) is 3. The smallest absolute Gasteiger partial charge is 0.0412 e. The third-order valence-electron chi connectivity index (χ3n) is 4.93. The van der Waals surface area contributed by atoms with Crippen LogP contribution in [0.1, 0.15) is 36.8 Å². The number of rotatable bonds is 5. The zero-order valence-corrected chi connectivity index (χ0v) is 13.7. The van der Waals surface area contributed by atoms with Crippen LogP contribution in [0.15, 0.2) is 18.2 Å². The fourth-order valence-electron chi connectivity index (χ4n) is 3.33. The first-order valence-electron chi connectivity index (χ1n) is 8.38. The van der Waals surface area contributed by atoms with Gasteiger partial charge in [0.05, 0.1) is 0 Å². The Balaban J connectivity index is 1.68. The first-order chi connectivity index (χ1) is 10.1. The average Bonchev–Trinajstić information content (AvgIpc) is 3.29. The van der Waals surface area contributed by atoms with Crippen molar-refractivity contribution in [3.05, 3.63) is 29.3 Å². The van der Waals surface area contributed by atoms with Crippen molar-refractivity contribution in [2.24, 2.45) is 0 Å². The van der Waals surface area contributed by atoms with E-state index in [2.05, 4.69) is 54.3 Å². The van der Waals surface area contributed by atoms with Crippen molar-refractivity contribution in [2.75, 3.05) is 32.1 Å². The van der Waals surface area contributed by atoms with Gasteiger partial charge in [0, 0.05) is 37.4 Å². The fourth-order valence-corrected chi connectivity index (χ4v) is 3.33. The molecule has 1 aliphatic carbocycles. The molecule has 1 heterocycles. The number of nitrogens with one attached hydrogen (secondary N) is 1. The summed E-state index contributed by atoms with van der Waals surface area (Å²) < 4.78 is 0. The number of benzene rings is 1. The Morgan fingerprint density at radius 2 is 1.86 bits per heavy atom. The fraction of sp³-hybridized carbons (Fsp3) is 0.667. The van der Waals surface area contributed by atoms with Gasteiger partial charge >= 0.3 is 0 Å². The number of piperidine rings is 1. The van der Waals surface area contributed by atoms with Crippen molar-refractivity contribution in [3.8, 4) is 0 Å². The molecular weight excluding hydrogens is 258 g/mol. The minimum atomic E-state index is 0.750. The molecule has 3 heteroatoms. The van der Waals surface area contributed by atoms with Gasteiger partial charge in [-0.15, -0.1) is 0 Å². The van der Waals surface area contributed by atoms with Crippen LogP contribution in [-0.2, 0) is 6.54 Å². The molecule has 1 aromatic rings. The minimum Gasteiger partial charge on any atom is -0.371 e. The van der Waals surface area contributed by atoms with E-state index in [1.165, 1.54) is 55.6 Å². The van der Waals surface area contributed by atoms with Gasteiger partial charge < -0.3 is 15.1 Å². The van der Waals surface area contributed by atoms with Crippen molar-refractivity contribution in [1.82, 2.24) is 10.2 Å². The van der Waals surface area contributed by atoms with Crippen LogP contribution >= 0.6 is 0 Å². The Hall–Kier alpha value is -1.06. The third kappa shape index (κ3) is 3.78.